The molecule has 28 heavy (non-hydrogen) atoms. The highest BCUT2D eigenvalue weighted by Gasteiger charge is 2.07. The van der Waals surface area contributed by atoms with Gasteiger partial charge in [-0.1, -0.05) is 6.07 Å². The van der Waals surface area contributed by atoms with Crippen LogP contribution in [-0.2, 0) is 0 Å². The van der Waals surface area contributed by atoms with E-state index in [4.69, 9.17) is 10.8 Å². The van der Waals surface area contributed by atoms with Crippen LogP contribution in [0.25, 0.3) is 0 Å². The van der Waals surface area contributed by atoms with E-state index in [0.717, 1.165) is 11.5 Å². The summed E-state index contributed by atoms with van der Waals surface area (Å²) in [4.78, 5) is 25.6. The van der Waals surface area contributed by atoms with Crippen molar-refractivity contribution in [2.75, 3.05) is 40.7 Å². The molecular formula is C18H20N8O2. The molecule has 0 unspecified atom stereocenters. The molecular weight excluding hydrogens is 360 g/mol. The Balaban J connectivity index is 1.77. The van der Waals surface area contributed by atoms with E-state index >= 15 is 0 Å². The number of hydrogen-bond donors (Lipinski definition) is 5. The summed E-state index contributed by atoms with van der Waals surface area (Å²) in [5.41, 5.74) is 8.09. The summed E-state index contributed by atoms with van der Waals surface area (Å²) in [5, 5.41) is 17.3. The first kappa shape index (κ1) is 18.7. The van der Waals surface area contributed by atoms with Gasteiger partial charge in [0, 0.05) is 25.5 Å². The molecule has 0 aliphatic carbocycles. The fourth-order valence-corrected chi connectivity index (χ4v) is 2.34. The normalized spacial score (nSPS) is 10.2. The molecule has 0 fully saturated rings. The second-order valence-corrected chi connectivity index (χ2v) is 6.06. The molecule has 144 valence electrons. The van der Waals surface area contributed by atoms with E-state index in [2.05, 4.69) is 30.9 Å². The van der Waals surface area contributed by atoms with Crippen molar-refractivity contribution in [1.29, 1.82) is 0 Å². The topological polar surface area (TPSA) is 141 Å². The molecule has 10 nitrogen and oxygen atoms in total. The highest BCUT2D eigenvalue weighted by Crippen LogP contribution is 2.24. The molecule has 1 aromatic carbocycles. The summed E-state index contributed by atoms with van der Waals surface area (Å²) < 4.78 is 0. The summed E-state index contributed by atoms with van der Waals surface area (Å²) in [7, 11) is 3.83. The Morgan fingerprint density at radius 1 is 1.04 bits per heavy atom. The van der Waals surface area contributed by atoms with Crippen molar-refractivity contribution >= 4 is 46.4 Å². The van der Waals surface area contributed by atoms with Gasteiger partial charge in [0.25, 0.3) is 0 Å². The number of nitrogens with zero attached hydrogens (tertiary/aromatic N) is 4. The van der Waals surface area contributed by atoms with Crippen LogP contribution in [0.2, 0.25) is 0 Å². The average molecular weight is 380 g/mol. The van der Waals surface area contributed by atoms with Crippen LogP contribution < -0.4 is 26.6 Å². The third kappa shape index (κ3) is 4.75. The standard InChI is InChI=1S/C18H20N8O2/c1-26(2)15-7-6-13(9-20-15)23-17-21-10-14(19)16(25-17)22-11-4-3-5-12(8-11)24-18(27)28/h3-10,24H,19H2,1-2H3,(H,27,28)(H2,21,22,23,25). The average Bonchev–Trinajstić information content (AvgIpc) is 2.65. The summed E-state index contributed by atoms with van der Waals surface area (Å²) in [6, 6.07) is 10.5. The van der Waals surface area contributed by atoms with E-state index in [0.29, 0.717) is 28.8 Å². The maximum absolute atomic E-state index is 10.8. The van der Waals surface area contributed by atoms with Gasteiger partial charge in [-0.2, -0.15) is 4.98 Å². The molecule has 0 aliphatic heterocycles. The summed E-state index contributed by atoms with van der Waals surface area (Å²) >= 11 is 0. The van der Waals surface area contributed by atoms with Gasteiger partial charge in [0.15, 0.2) is 5.82 Å². The van der Waals surface area contributed by atoms with Crippen LogP contribution in [0, 0.1) is 0 Å². The third-order valence-corrected chi connectivity index (χ3v) is 3.66. The molecule has 3 aromatic rings. The molecule has 10 heteroatoms. The smallest absolute Gasteiger partial charge is 0.409 e. The summed E-state index contributed by atoms with van der Waals surface area (Å²) in [6.45, 7) is 0. The number of pyridine rings is 1. The zero-order valence-electron chi connectivity index (χ0n) is 15.3. The van der Waals surface area contributed by atoms with Crippen LogP contribution in [0.15, 0.2) is 48.8 Å². The quantitative estimate of drug-likeness (QED) is 0.436. The van der Waals surface area contributed by atoms with E-state index in [-0.39, 0.29) is 0 Å². The molecule has 6 N–H and O–H groups in total. The molecule has 0 spiro atoms. The number of nitrogens with one attached hydrogen (secondary N) is 3. The highest BCUT2D eigenvalue weighted by molar-refractivity contribution is 5.84. The van der Waals surface area contributed by atoms with Crippen LogP contribution in [0.3, 0.4) is 0 Å². The molecule has 0 saturated heterocycles. The van der Waals surface area contributed by atoms with Gasteiger partial charge in [0.2, 0.25) is 5.95 Å². The Bertz CT molecular complexity index is 976. The number of carboxylic acid groups (broad SMARTS) is 1. The van der Waals surface area contributed by atoms with Gasteiger partial charge in [0.1, 0.15) is 5.82 Å². The summed E-state index contributed by atoms with van der Waals surface area (Å²) in [5.74, 6) is 1.57. The number of hydrogen-bond acceptors (Lipinski definition) is 8. The van der Waals surface area contributed by atoms with Gasteiger partial charge in [-0.05, 0) is 30.3 Å². The van der Waals surface area contributed by atoms with Crippen molar-refractivity contribution in [3.8, 4) is 0 Å². The van der Waals surface area contributed by atoms with Gasteiger partial charge in [0.05, 0.1) is 23.8 Å². The van der Waals surface area contributed by atoms with E-state index in [9.17, 15) is 4.79 Å². The predicted octanol–water partition coefficient (Wildman–Crippen LogP) is 3.10. The van der Waals surface area contributed by atoms with E-state index in [1.54, 1.807) is 30.5 Å². The lowest BCUT2D eigenvalue weighted by Crippen LogP contribution is -2.10. The number of rotatable bonds is 6. The monoisotopic (exact) mass is 380 g/mol. The molecule has 0 saturated carbocycles. The highest BCUT2D eigenvalue weighted by atomic mass is 16.4. The fraction of sp³-hybridized carbons (Fsp3) is 0.111. The minimum absolute atomic E-state index is 0.343. The largest absolute Gasteiger partial charge is 0.465 e. The van der Waals surface area contributed by atoms with E-state index in [1.807, 2.05) is 31.1 Å². The molecule has 0 atom stereocenters. The Labute approximate surface area is 161 Å². The second kappa shape index (κ2) is 8.08. The van der Waals surface area contributed by atoms with Crippen LogP contribution >= 0.6 is 0 Å². The summed E-state index contributed by atoms with van der Waals surface area (Å²) in [6.07, 6.45) is 2.03. The zero-order chi connectivity index (χ0) is 20.1. The number of nitrogens with two attached hydrogens (primary N) is 1. The first-order valence-electron chi connectivity index (χ1n) is 8.30. The zero-order valence-corrected chi connectivity index (χ0v) is 15.3. The van der Waals surface area contributed by atoms with Crippen molar-refractivity contribution in [2.45, 2.75) is 0 Å². The predicted molar refractivity (Wildman–Crippen MR) is 110 cm³/mol. The number of carbonyl (C=O) groups is 1. The molecule has 2 aromatic heterocycles. The number of benzene rings is 1. The molecule has 0 radical (unpaired) electrons. The number of nitrogen functional groups attached to an aromatic ring is 1. The maximum atomic E-state index is 10.8. The second-order valence-electron chi connectivity index (χ2n) is 6.06. The van der Waals surface area contributed by atoms with Crippen LogP contribution in [0.1, 0.15) is 0 Å². The van der Waals surface area contributed by atoms with Gasteiger partial charge in [-0.15, -0.1) is 0 Å². The van der Waals surface area contributed by atoms with Crippen molar-refractivity contribution < 1.29 is 9.90 Å². The minimum atomic E-state index is -1.14. The van der Waals surface area contributed by atoms with Crippen LogP contribution in [0.4, 0.5) is 45.1 Å². The molecule has 3 rings (SSSR count). The lowest BCUT2D eigenvalue weighted by atomic mass is 10.2. The van der Waals surface area contributed by atoms with Crippen LogP contribution in [-0.4, -0.2) is 40.2 Å². The number of amides is 1. The molecule has 2 heterocycles. The number of aromatic nitrogens is 3. The Hall–Kier alpha value is -4.08. The fourth-order valence-electron chi connectivity index (χ4n) is 2.34. The Kier molecular flexibility index (Phi) is 5.40. The Morgan fingerprint density at radius 3 is 2.50 bits per heavy atom. The Morgan fingerprint density at radius 2 is 1.82 bits per heavy atom. The van der Waals surface area contributed by atoms with Crippen molar-refractivity contribution in [1.82, 2.24) is 15.0 Å². The van der Waals surface area contributed by atoms with Crippen molar-refractivity contribution in [3.05, 3.63) is 48.8 Å². The third-order valence-electron chi connectivity index (χ3n) is 3.66. The van der Waals surface area contributed by atoms with Gasteiger partial charge >= 0.3 is 6.09 Å². The van der Waals surface area contributed by atoms with Crippen molar-refractivity contribution in [3.63, 3.8) is 0 Å². The minimum Gasteiger partial charge on any atom is -0.465 e. The number of anilines is 7. The van der Waals surface area contributed by atoms with Gasteiger partial charge in [-0.3, -0.25) is 5.32 Å². The van der Waals surface area contributed by atoms with E-state index < -0.39 is 6.09 Å². The molecule has 1 amide bonds. The van der Waals surface area contributed by atoms with Crippen molar-refractivity contribution in [2.24, 2.45) is 0 Å². The van der Waals surface area contributed by atoms with Crippen LogP contribution in [0.5, 0.6) is 0 Å². The maximum Gasteiger partial charge on any atom is 0.409 e. The lowest BCUT2D eigenvalue weighted by Gasteiger charge is -2.13. The molecule has 0 bridgehead atoms. The van der Waals surface area contributed by atoms with E-state index in [1.165, 1.54) is 6.20 Å². The van der Waals surface area contributed by atoms with Gasteiger partial charge in [-0.25, -0.2) is 14.8 Å². The first-order valence-corrected chi connectivity index (χ1v) is 8.30. The first-order chi connectivity index (χ1) is 13.4. The molecule has 0 aliphatic rings. The van der Waals surface area contributed by atoms with Gasteiger partial charge < -0.3 is 26.4 Å². The lowest BCUT2D eigenvalue weighted by molar-refractivity contribution is 0.210. The SMILES string of the molecule is CN(C)c1ccc(Nc2ncc(N)c(Nc3cccc(NC(=O)O)c3)n2)cn1.